The van der Waals surface area contributed by atoms with Crippen molar-refractivity contribution in [1.82, 2.24) is 19.6 Å². The summed E-state index contributed by atoms with van der Waals surface area (Å²) in [7, 11) is -1.91. The number of aryl methyl sites for hydroxylation is 1. The predicted molar refractivity (Wildman–Crippen MR) is 159 cm³/mol. The molecule has 3 aliphatic rings. The average Bonchev–Trinajstić information content (AvgIpc) is 3.68. The Morgan fingerprint density at radius 3 is 2.44 bits per heavy atom. The summed E-state index contributed by atoms with van der Waals surface area (Å²) in [5.41, 5.74) is 3.28. The number of furan rings is 1. The maximum Gasteiger partial charge on any atom is 0.244 e. The lowest BCUT2D eigenvalue weighted by molar-refractivity contribution is -0.136. The Bertz CT molecular complexity index is 1250. The standard InChI is InChI=1S/C30H46N4O5S2/c1-21(2)30-34(24-11-8-6-5-7-9-12-24)28(31-39-30)26-19-27(22(3)40-26)41(36,37)33-16-14-23(15-17-33)29(35)32(4)20-25-13-10-18-38-25/h10,13,18-19,21,23-24,28,30-31H,5-9,11-12,14-17,20H2,1-4H3. The van der Waals surface area contributed by atoms with Gasteiger partial charge >= 0.3 is 0 Å². The van der Waals surface area contributed by atoms with Gasteiger partial charge in [-0.2, -0.15) is 9.79 Å². The van der Waals surface area contributed by atoms with Crippen LogP contribution in [0.5, 0.6) is 0 Å². The number of piperidine rings is 1. The zero-order valence-electron chi connectivity index (χ0n) is 24.9. The number of amides is 1. The number of sulfonamides is 1. The Hall–Kier alpha value is -1.76. The maximum atomic E-state index is 13.9. The van der Waals surface area contributed by atoms with Crippen LogP contribution in [0.2, 0.25) is 0 Å². The van der Waals surface area contributed by atoms with Gasteiger partial charge in [-0.05, 0) is 56.7 Å². The SMILES string of the molecule is Cc1sc(C2NOC(C(C)C)N2C2CCCCCCC2)cc1S(=O)(=O)N1CCC(C(=O)N(C)Cc2ccco2)CC1. The molecule has 2 saturated heterocycles. The molecular weight excluding hydrogens is 560 g/mol. The van der Waals surface area contributed by atoms with Gasteiger partial charge in [0.15, 0.2) is 0 Å². The molecule has 5 rings (SSSR count). The van der Waals surface area contributed by atoms with Crippen molar-refractivity contribution in [3.8, 4) is 0 Å². The number of hydrogen-bond donors (Lipinski definition) is 1. The van der Waals surface area contributed by atoms with Gasteiger partial charge in [-0.15, -0.1) is 11.3 Å². The number of hydroxylamine groups is 1. The van der Waals surface area contributed by atoms with E-state index in [9.17, 15) is 13.2 Å². The quantitative estimate of drug-likeness (QED) is 0.416. The molecule has 1 amide bonds. The van der Waals surface area contributed by atoms with E-state index in [1.165, 1.54) is 32.1 Å². The van der Waals surface area contributed by atoms with Crippen LogP contribution in [0.4, 0.5) is 0 Å². The van der Waals surface area contributed by atoms with E-state index in [0.29, 0.717) is 49.3 Å². The van der Waals surface area contributed by atoms with Crippen molar-refractivity contribution in [2.75, 3.05) is 20.1 Å². The molecule has 2 aliphatic heterocycles. The van der Waals surface area contributed by atoms with E-state index < -0.39 is 10.0 Å². The second-order valence-corrected chi connectivity index (χ2v) is 15.4. The van der Waals surface area contributed by atoms with Crippen LogP contribution < -0.4 is 5.48 Å². The molecule has 228 valence electrons. The van der Waals surface area contributed by atoms with E-state index in [1.807, 2.05) is 25.1 Å². The van der Waals surface area contributed by atoms with Crippen LogP contribution in [-0.4, -0.2) is 60.8 Å². The van der Waals surface area contributed by atoms with Gasteiger partial charge in [-0.3, -0.25) is 14.5 Å². The molecule has 41 heavy (non-hydrogen) atoms. The van der Waals surface area contributed by atoms with E-state index in [-0.39, 0.29) is 24.2 Å². The molecule has 2 atom stereocenters. The Balaban J connectivity index is 1.28. The highest BCUT2D eigenvalue weighted by atomic mass is 32.2. The number of carbonyl (C=O) groups excluding carboxylic acids is 1. The van der Waals surface area contributed by atoms with Crippen molar-refractivity contribution in [2.24, 2.45) is 11.8 Å². The summed E-state index contributed by atoms with van der Waals surface area (Å²) >= 11 is 1.54. The molecule has 4 heterocycles. The Morgan fingerprint density at radius 2 is 1.80 bits per heavy atom. The van der Waals surface area contributed by atoms with Gasteiger partial charge in [0, 0.05) is 41.9 Å². The summed E-state index contributed by atoms with van der Waals surface area (Å²) in [6, 6.07) is 5.93. The second kappa shape index (κ2) is 13.3. The lowest BCUT2D eigenvalue weighted by Crippen LogP contribution is -2.44. The molecule has 2 aromatic heterocycles. The second-order valence-electron chi connectivity index (χ2n) is 12.2. The van der Waals surface area contributed by atoms with Gasteiger partial charge in [0.05, 0.1) is 17.7 Å². The Kier molecular flexibility index (Phi) is 9.93. The van der Waals surface area contributed by atoms with E-state index in [0.717, 1.165) is 28.4 Å². The van der Waals surface area contributed by atoms with Gasteiger partial charge < -0.3 is 9.32 Å². The fourth-order valence-corrected chi connectivity index (χ4v) is 9.72. The first-order chi connectivity index (χ1) is 19.7. The zero-order chi connectivity index (χ0) is 29.1. The number of nitrogens with one attached hydrogen (secondary N) is 1. The van der Waals surface area contributed by atoms with E-state index in [1.54, 1.807) is 33.9 Å². The average molecular weight is 607 g/mol. The number of thiophene rings is 1. The number of nitrogens with zero attached hydrogens (tertiary/aromatic N) is 3. The summed E-state index contributed by atoms with van der Waals surface area (Å²) in [5.74, 6) is 0.892. The summed E-state index contributed by atoms with van der Waals surface area (Å²) < 4.78 is 34.6. The molecule has 0 radical (unpaired) electrons. The van der Waals surface area contributed by atoms with Gasteiger partial charge in [-0.1, -0.05) is 46.0 Å². The first-order valence-electron chi connectivity index (χ1n) is 15.2. The lowest BCUT2D eigenvalue weighted by Gasteiger charge is -2.36. The molecule has 1 saturated carbocycles. The number of rotatable bonds is 8. The van der Waals surface area contributed by atoms with Crippen molar-refractivity contribution in [3.05, 3.63) is 40.0 Å². The van der Waals surface area contributed by atoms with Gasteiger partial charge in [0.2, 0.25) is 15.9 Å². The predicted octanol–water partition coefficient (Wildman–Crippen LogP) is 5.64. The molecule has 2 aromatic rings. The van der Waals surface area contributed by atoms with Crippen molar-refractivity contribution < 1.29 is 22.5 Å². The highest BCUT2D eigenvalue weighted by Gasteiger charge is 2.43. The van der Waals surface area contributed by atoms with E-state index in [4.69, 9.17) is 9.25 Å². The minimum atomic E-state index is -3.68. The van der Waals surface area contributed by atoms with Crippen LogP contribution in [0.3, 0.4) is 0 Å². The van der Waals surface area contributed by atoms with Crippen LogP contribution in [-0.2, 0) is 26.2 Å². The normalized spacial score (nSPS) is 24.5. The Morgan fingerprint density at radius 1 is 1.12 bits per heavy atom. The number of hydrogen-bond acceptors (Lipinski definition) is 8. The van der Waals surface area contributed by atoms with Crippen LogP contribution in [0.1, 0.15) is 93.3 Å². The van der Waals surface area contributed by atoms with Crippen LogP contribution in [0.15, 0.2) is 33.8 Å². The molecule has 11 heteroatoms. The summed E-state index contributed by atoms with van der Waals surface area (Å²) in [4.78, 5) is 25.5. The minimum Gasteiger partial charge on any atom is -0.467 e. The van der Waals surface area contributed by atoms with Crippen LogP contribution >= 0.6 is 11.3 Å². The molecule has 0 spiro atoms. The number of carbonyl (C=O) groups is 1. The summed E-state index contributed by atoms with van der Waals surface area (Å²) in [5, 5.41) is 0. The van der Waals surface area contributed by atoms with Crippen molar-refractivity contribution in [3.63, 3.8) is 0 Å². The largest absolute Gasteiger partial charge is 0.467 e. The highest BCUT2D eigenvalue weighted by Crippen LogP contribution is 2.41. The third-order valence-corrected chi connectivity index (χ3v) is 12.1. The van der Waals surface area contributed by atoms with E-state index in [2.05, 4.69) is 24.2 Å². The van der Waals surface area contributed by atoms with Crippen molar-refractivity contribution in [1.29, 1.82) is 0 Å². The molecule has 0 bridgehead atoms. The monoisotopic (exact) mass is 606 g/mol. The molecule has 1 aliphatic carbocycles. The van der Waals surface area contributed by atoms with Crippen LogP contribution in [0, 0.1) is 18.8 Å². The molecule has 3 fully saturated rings. The summed E-state index contributed by atoms with van der Waals surface area (Å²) in [6.07, 6.45) is 11.0. The Labute approximate surface area is 249 Å². The van der Waals surface area contributed by atoms with Gasteiger partial charge in [-0.25, -0.2) is 8.42 Å². The highest BCUT2D eigenvalue weighted by molar-refractivity contribution is 7.89. The molecule has 0 aromatic carbocycles. The van der Waals surface area contributed by atoms with Crippen molar-refractivity contribution in [2.45, 2.75) is 108 Å². The smallest absolute Gasteiger partial charge is 0.244 e. The first-order valence-corrected chi connectivity index (χ1v) is 17.5. The molecule has 2 unspecified atom stereocenters. The fraction of sp³-hybridized carbons (Fsp3) is 0.700. The molecular formula is C30H46N4O5S2. The fourth-order valence-electron chi connectivity index (χ4n) is 6.63. The summed E-state index contributed by atoms with van der Waals surface area (Å²) in [6.45, 7) is 7.36. The van der Waals surface area contributed by atoms with Crippen LogP contribution in [0.25, 0.3) is 0 Å². The molecule has 9 nitrogen and oxygen atoms in total. The first kappa shape index (κ1) is 30.7. The third kappa shape index (κ3) is 6.75. The topological polar surface area (TPSA) is 95.3 Å². The zero-order valence-corrected chi connectivity index (χ0v) is 26.5. The lowest BCUT2D eigenvalue weighted by atomic mass is 9.94. The molecule has 1 N–H and O–H groups in total. The maximum absolute atomic E-state index is 13.9. The van der Waals surface area contributed by atoms with Gasteiger partial charge in [0.25, 0.3) is 0 Å². The minimum absolute atomic E-state index is 0.0359. The third-order valence-electron chi connectivity index (χ3n) is 8.89. The van der Waals surface area contributed by atoms with Crippen molar-refractivity contribution >= 4 is 27.3 Å². The van der Waals surface area contributed by atoms with Gasteiger partial charge in [0.1, 0.15) is 18.2 Å². The van der Waals surface area contributed by atoms with E-state index >= 15 is 0 Å².